The van der Waals surface area contributed by atoms with Crippen LogP contribution in [0.15, 0.2) is 48.5 Å². The molecule has 0 saturated heterocycles. The number of benzene rings is 2. The molecule has 0 radical (unpaired) electrons. The van der Waals surface area contributed by atoms with Crippen LogP contribution < -0.4 is 20.5 Å². The Kier molecular flexibility index (Phi) is 7.95. The van der Waals surface area contributed by atoms with Crippen LogP contribution in [-0.4, -0.2) is 32.0 Å². The lowest BCUT2D eigenvalue weighted by molar-refractivity contribution is -0.128. The number of hydrazine groups is 1. The van der Waals surface area contributed by atoms with Gasteiger partial charge in [0.2, 0.25) is 5.91 Å². The van der Waals surface area contributed by atoms with Crippen molar-refractivity contribution in [1.29, 1.82) is 0 Å². The van der Waals surface area contributed by atoms with E-state index in [-0.39, 0.29) is 24.8 Å². The smallest absolute Gasteiger partial charge is 0.257 e. The summed E-state index contributed by atoms with van der Waals surface area (Å²) in [6.07, 6.45) is 0.787. The van der Waals surface area contributed by atoms with E-state index >= 15 is 0 Å². The van der Waals surface area contributed by atoms with Crippen LogP contribution in [0.1, 0.15) is 18.4 Å². The zero-order valence-electron chi connectivity index (χ0n) is 15.5. The second-order valence-electron chi connectivity index (χ2n) is 6.15. The topological polar surface area (TPSA) is 70.7 Å². The molecule has 2 aromatic carbocycles. The van der Waals surface area contributed by atoms with Gasteiger partial charge in [0.1, 0.15) is 5.75 Å². The van der Waals surface area contributed by atoms with E-state index in [0.717, 1.165) is 17.0 Å². The van der Waals surface area contributed by atoms with Gasteiger partial charge in [-0.3, -0.25) is 20.4 Å². The molecular weight excluding hydrogens is 366 g/mol. The Bertz CT molecular complexity index is 768. The molecule has 0 aromatic heterocycles. The zero-order chi connectivity index (χ0) is 19.6. The highest BCUT2D eigenvalue weighted by molar-refractivity contribution is 6.30. The van der Waals surface area contributed by atoms with Gasteiger partial charge in [-0.15, -0.1) is 0 Å². The molecule has 0 unspecified atom stereocenters. The summed E-state index contributed by atoms with van der Waals surface area (Å²) >= 11 is 5.90. The fraction of sp³-hybridized carbons (Fsp3) is 0.300. The molecule has 0 atom stereocenters. The van der Waals surface area contributed by atoms with E-state index in [2.05, 4.69) is 10.9 Å². The Labute approximate surface area is 164 Å². The summed E-state index contributed by atoms with van der Waals surface area (Å²) in [6, 6.07) is 14.9. The summed E-state index contributed by atoms with van der Waals surface area (Å²) in [7, 11) is 1.81. The zero-order valence-corrected chi connectivity index (χ0v) is 16.3. The Morgan fingerprint density at radius 3 is 2.48 bits per heavy atom. The average molecular weight is 390 g/mol. The van der Waals surface area contributed by atoms with Gasteiger partial charge in [-0.2, -0.15) is 0 Å². The molecule has 0 spiro atoms. The molecule has 7 heteroatoms. The van der Waals surface area contributed by atoms with Gasteiger partial charge in [0.05, 0.1) is 13.2 Å². The summed E-state index contributed by atoms with van der Waals surface area (Å²) in [5, 5.41) is 0.660. The van der Waals surface area contributed by atoms with Gasteiger partial charge in [0.15, 0.2) is 0 Å². The molecule has 144 valence electrons. The van der Waals surface area contributed by atoms with E-state index in [4.69, 9.17) is 16.3 Å². The second kappa shape index (κ2) is 10.4. The number of halogens is 1. The molecule has 2 amide bonds. The lowest BCUT2D eigenvalue weighted by Gasteiger charge is -2.18. The Morgan fingerprint density at radius 1 is 1.07 bits per heavy atom. The van der Waals surface area contributed by atoms with Gasteiger partial charge in [0.25, 0.3) is 5.91 Å². The summed E-state index contributed by atoms with van der Waals surface area (Å²) < 4.78 is 5.64. The van der Waals surface area contributed by atoms with Crippen LogP contribution in [0.2, 0.25) is 5.02 Å². The molecule has 0 aliphatic heterocycles. The maximum atomic E-state index is 11.9. The minimum atomic E-state index is -0.289. The van der Waals surface area contributed by atoms with Gasteiger partial charge in [-0.25, -0.2) is 0 Å². The van der Waals surface area contributed by atoms with Crippen molar-refractivity contribution in [2.45, 2.75) is 19.8 Å². The Balaban J connectivity index is 1.62. The third-order valence-corrected chi connectivity index (χ3v) is 4.10. The number of ether oxygens (including phenoxy) is 1. The maximum absolute atomic E-state index is 11.9. The van der Waals surface area contributed by atoms with Crippen molar-refractivity contribution in [2.75, 3.05) is 25.1 Å². The van der Waals surface area contributed by atoms with E-state index < -0.39 is 0 Å². The van der Waals surface area contributed by atoms with E-state index in [1.165, 1.54) is 0 Å². The molecule has 0 heterocycles. The van der Waals surface area contributed by atoms with Gasteiger partial charge >= 0.3 is 0 Å². The molecule has 2 N–H and O–H groups in total. The lowest BCUT2D eigenvalue weighted by Crippen LogP contribution is -2.45. The van der Waals surface area contributed by atoms with Crippen molar-refractivity contribution in [2.24, 2.45) is 0 Å². The van der Waals surface area contributed by atoms with E-state index in [9.17, 15) is 9.59 Å². The minimum Gasteiger partial charge on any atom is -0.493 e. The van der Waals surface area contributed by atoms with Crippen LogP contribution in [-0.2, 0) is 9.59 Å². The van der Waals surface area contributed by atoms with Gasteiger partial charge < -0.3 is 9.64 Å². The van der Waals surface area contributed by atoms with Crippen LogP contribution in [0.3, 0.4) is 0 Å². The predicted molar refractivity (Wildman–Crippen MR) is 107 cm³/mol. The van der Waals surface area contributed by atoms with Crippen molar-refractivity contribution in [3.05, 3.63) is 59.1 Å². The highest BCUT2D eigenvalue weighted by Gasteiger charge is 2.09. The first-order valence-corrected chi connectivity index (χ1v) is 9.06. The molecule has 2 rings (SSSR count). The SMILES string of the molecule is Cc1cc(Cl)ccc1OCCCC(=O)NNC(=O)CN(C)c1ccccc1. The summed E-state index contributed by atoms with van der Waals surface area (Å²) in [5.74, 6) is 0.196. The third kappa shape index (κ3) is 7.19. The maximum Gasteiger partial charge on any atom is 0.257 e. The van der Waals surface area contributed by atoms with Crippen molar-refractivity contribution in [3.8, 4) is 5.75 Å². The van der Waals surface area contributed by atoms with Crippen LogP contribution in [0.4, 0.5) is 5.69 Å². The van der Waals surface area contributed by atoms with E-state index in [1.54, 1.807) is 17.0 Å². The standard InChI is InChI=1S/C20H24ClN3O3/c1-15-13-16(21)10-11-18(15)27-12-6-9-19(25)22-23-20(26)14-24(2)17-7-4-3-5-8-17/h3-5,7-8,10-11,13H,6,9,12,14H2,1-2H3,(H,22,25)(H,23,26). The van der Waals surface area contributed by atoms with Gasteiger partial charge in [-0.1, -0.05) is 29.8 Å². The normalized spacial score (nSPS) is 10.2. The number of rotatable bonds is 8. The molecular formula is C20H24ClN3O3. The van der Waals surface area contributed by atoms with E-state index in [1.807, 2.05) is 50.4 Å². The van der Waals surface area contributed by atoms with Crippen molar-refractivity contribution < 1.29 is 14.3 Å². The number of anilines is 1. The number of carbonyl (C=O) groups is 2. The fourth-order valence-electron chi connectivity index (χ4n) is 2.42. The summed E-state index contributed by atoms with van der Waals surface area (Å²) in [5.41, 5.74) is 6.71. The first-order chi connectivity index (χ1) is 13.0. The minimum absolute atomic E-state index is 0.142. The van der Waals surface area contributed by atoms with E-state index in [0.29, 0.717) is 18.1 Å². The molecule has 0 fully saturated rings. The summed E-state index contributed by atoms with van der Waals surface area (Å²) in [6.45, 7) is 2.46. The second-order valence-corrected chi connectivity index (χ2v) is 6.59. The number of amides is 2. The number of aryl methyl sites for hydroxylation is 1. The number of carbonyl (C=O) groups excluding carboxylic acids is 2. The Hall–Kier alpha value is -2.73. The molecule has 2 aromatic rings. The number of nitrogens with one attached hydrogen (secondary N) is 2. The quantitative estimate of drug-likeness (QED) is 0.537. The molecule has 0 aliphatic rings. The summed E-state index contributed by atoms with van der Waals surface area (Å²) in [4.78, 5) is 25.5. The Morgan fingerprint density at radius 2 is 1.78 bits per heavy atom. The van der Waals surface area contributed by atoms with Crippen molar-refractivity contribution >= 4 is 29.1 Å². The first-order valence-electron chi connectivity index (χ1n) is 8.68. The molecule has 0 saturated carbocycles. The monoisotopic (exact) mass is 389 g/mol. The van der Waals surface area contributed by atoms with Crippen LogP contribution in [0, 0.1) is 6.92 Å². The molecule has 0 aliphatic carbocycles. The molecule has 0 bridgehead atoms. The van der Waals surface area contributed by atoms with Gasteiger partial charge in [0, 0.05) is 24.2 Å². The predicted octanol–water partition coefficient (Wildman–Crippen LogP) is 3.09. The number of para-hydroxylation sites is 1. The molecule has 27 heavy (non-hydrogen) atoms. The number of likely N-dealkylation sites (N-methyl/N-ethyl adjacent to an activating group) is 1. The third-order valence-electron chi connectivity index (χ3n) is 3.86. The number of nitrogens with zero attached hydrogens (tertiary/aromatic N) is 1. The van der Waals surface area contributed by atoms with Crippen molar-refractivity contribution in [3.63, 3.8) is 0 Å². The van der Waals surface area contributed by atoms with Crippen molar-refractivity contribution in [1.82, 2.24) is 10.9 Å². The van der Waals surface area contributed by atoms with Crippen LogP contribution >= 0.6 is 11.6 Å². The molecule has 6 nitrogen and oxygen atoms in total. The first kappa shape index (κ1) is 20.6. The van der Waals surface area contributed by atoms with Crippen LogP contribution in [0.5, 0.6) is 5.75 Å². The average Bonchev–Trinajstić information content (AvgIpc) is 2.65. The number of hydrogen-bond acceptors (Lipinski definition) is 4. The number of hydrogen-bond donors (Lipinski definition) is 2. The largest absolute Gasteiger partial charge is 0.493 e. The van der Waals surface area contributed by atoms with Crippen LogP contribution in [0.25, 0.3) is 0 Å². The lowest BCUT2D eigenvalue weighted by atomic mass is 10.2. The van der Waals surface area contributed by atoms with Gasteiger partial charge in [-0.05, 0) is 49.2 Å². The highest BCUT2D eigenvalue weighted by Crippen LogP contribution is 2.21. The fourth-order valence-corrected chi connectivity index (χ4v) is 2.65. The highest BCUT2D eigenvalue weighted by atomic mass is 35.5.